The summed E-state index contributed by atoms with van der Waals surface area (Å²) < 4.78 is 5.50. The van der Waals surface area contributed by atoms with Gasteiger partial charge in [0.05, 0.1) is 12.6 Å². The Balaban J connectivity index is 1.38. The minimum atomic E-state index is -0.539. The predicted octanol–water partition coefficient (Wildman–Crippen LogP) is 3.03. The van der Waals surface area contributed by atoms with Crippen LogP contribution in [-0.2, 0) is 20.9 Å². The van der Waals surface area contributed by atoms with Crippen LogP contribution in [-0.4, -0.2) is 41.9 Å². The van der Waals surface area contributed by atoms with Gasteiger partial charge in [-0.05, 0) is 42.7 Å². The lowest BCUT2D eigenvalue weighted by Crippen LogP contribution is -2.32. The zero-order valence-electron chi connectivity index (χ0n) is 16.8. The Labute approximate surface area is 185 Å². The number of anilines is 1. The number of hydrogen-bond acceptors (Lipinski definition) is 5. The normalized spacial score (nSPS) is 18.6. The number of amides is 3. The zero-order chi connectivity index (χ0) is 21.8. The number of benzene rings is 2. The molecule has 2 aromatic rings. The molecule has 3 amide bonds. The molecule has 31 heavy (non-hydrogen) atoms. The molecule has 7 nitrogen and oxygen atoms in total. The molecular weight excluding hydrogens is 418 g/mol. The van der Waals surface area contributed by atoms with Crippen LogP contribution in [0.3, 0.4) is 0 Å². The number of carbonyl (C=O) groups is 3. The Morgan fingerprint density at radius 3 is 2.48 bits per heavy atom. The summed E-state index contributed by atoms with van der Waals surface area (Å²) >= 11 is 6.15. The Bertz CT molecular complexity index is 1010. The molecule has 0 saturated carbocycles. The first kappa shape index (κ1) is 21.1. The Morgan fingerprint density at radius 2 is 1.81 bits per heavy atom. The summed E-state index contributed by atoms with van der Waals surface area (Å²) in [6.45, 7) is 1.36. The van der Waals surface area contributed by atoms with Gasteiger partial charge in [-0.2, -0.15) is 0 Å². The van der Waals surface area contributed by atoms with Crippen molar-refractivity contribution in [2.24, 2.45) is 0 Å². The van der Waals surface area contributed by atoms with E-state index >= 15 is 0 Å². The molecule has 0 spiro atoms. The number of carbonyl (C=O) groups excluding carboxylic acids is 3. The highest BCUT2D eigenvalue weighted by Gasteiger charge is 2.37. The maximum atomic E-state index is 12.7. The standard InChI is InChI=1S/C23H22ClN3O4/c24-19-20(23(30)27(22(19)29)14-15-5-2-1-3-6-15)26-17-10-8-16(9-11-17)21(28)25-13-18-7-4-12-31-18/h1-3,5-6,8-11,18,26H,4,7,12-14H2,(H,25,28). The molecule has 2 aliphatic rings. The van der Waals surface area contributed by atoms with Crippen molar-refractivity contribution < 1.29 is 19.1 Å². The van der Waals surface area contributed by atoms with Gasteiger partial charge in [-0.25, -0.2) is 0 Å². The van der Waals surface area contributed by atoms with Crippen LogP contribution in [0.4, 0.5) is 5.69 Å². The van der Waals surface area contributed by atoms with Gasteiger partial charge in [0.2, 0.25) is 0 Å². The van der Waals surface area contributed by atoms with E-state index in [0.717, 1.165) is 29.9 Å². The van der Waals surface area contributed by atoms with Crippen molar-refractivity contribution in [3.05, 3.63) is 76.5 Å². The lowest BCUT2D eigenvalue weighted by Gasteiger charge is -2.15. The van der Waals surface area contributed by atoms with Gasteiger partial charge in [-0.3, -0.25) is 19.3 Å². The number of hydrogen-bond donors (Lipinski definition) is 2. The van der Waals surface area contributed by atoms with Crippen molar-refractivity contribution >= 4 is 35.0 Å². The van der Waals surface area contributed by atoms with Gasteiger partial charge < -0.3 is 15.4 Å². The number of ether oxygens (including phenoxy) is 1. The average molecular weight is 440 g/mol. The first-order valence-electron chi connectivity index (χ1n) is 10.1. The quantitative estimate of drug-likeness (QED) is 0.647. The minimum absolute atomic E-state index is 0.0261. The van der Waals surface area contributed by atoms with Gasteiger partial charge in [0.15, 0.2) is 0 Å². The topological polar surface area (TPSA) is 87.7 Å². The van der Waals surface area contributed by atoms with E-state index in [1.165, 1.54) is 0 Å². The zero-order valence-corrected chi connectivity index (χ0v) is 17.5. The number of rotatable bonds is 7. The van der Waals surface area contributed by atoms with Crippen LogP contribution >= 0.6 is 11.6 Å². The second kappa shape index (κ2) is 9.32. The molecular formula is C23H22ClN3O4. The molecule has 8 heteroatoms. The fourth-order valence-corrected chi connectivity index (χ4v) is 3.76. The van der Waals surface area contributed by atoms with Crippen LogP contribution in [0.25, 0.3) is 0 Å². The molecule has 0 aromatic heterocycles. The lowest BCUT2D eigenvalue weighted by atomic mass is 10.1. The molecule has 0 bridgehead atoms. The highest BCUT2D eigenvalue weighted by molar-refractivity contribution is 6.48. The van der Waals surface area contributed by atoms with Crippen LogP contribution in [0.15, 0.2) is 65.3 Å². The van der Waals surface area contributed by atoms with Crippen molar-refractivity contribution in [3.8, 4) is 0 Å². The molecule has 2 N–H and O–H groups in total. The highest BCUT2D eigenvalue weighted by atomic mass is 35.5. The smallest absolute Gasteiger partial charge is 0.279 e. The minimum Gasteiger partial charge on any atom is -0.376 e. The summed E-state index contributed by atoms with van der Waals surface area (Å²) in [6.07, 6.45) is 2.04. The van der Waals surface area contributed by atoms with E-state index in [9.17, 15) is 14.4 Å². The van der Waals surface area contributed by atoms with Crippen LogP contribution < -0.4 is 10.6 Å². The van der Waals surface area contributed by atoms with E-state index in [-0.39, 0.29) is 29.3 Å². The fourth-order valence-electron chi connectivity index (χ4n) is 3.53. The average Bonchev–Trinajstić information content (AvgIpc) is 3.38. The van der Waals surface area contributed by atoms with Gasteiger partial charge in [0.25, 0.3) is 17.7 Å². The summed E-state index contributed by atoms with van der Waals surface area (Å²) in [4.78, 5) is 38.6. The molecule has 1 atom stereocenters. The summed E-state index contributed by atoms with van der Waals surface area (Å²) in [5.41, 5.74) is 1.89. The Hall–Kier alpha value is -3.16. The van der Waals surface area contributed by atoms with Crippen LogP contribution in [0.2, 0.25) is 0 Å². The van der Waals surface area contributed by atoms with Crippen molar-refractivity contribution in [3.63, 3.8) is 0 Å². The van der Waals surface area contributed by atoms with Crippen molar-refractivity contribution in [2.75, 3.05) is 18.5 Å². The van der Waals surface area contributed by atoms with Crippen LogP contribution in [0.5, 0.6) is 0 Å². The van der Waals surface area contributed by atoms with E-state index in [2.05, 4.69) is 10.6 Å². The molecule has 1 saturated heterocycles. The molecule has 2 heterocycles. The molecule has 1 unspecified atom stereocenters. The van der Waals surface area contributed by atoms with E-state index in [4.69, 9.17) is 16.3 Å². The Kier molecular flexibility index (Phi) is 6.34. The van der Waals surface area contributed by atoms with E-state index in [1.54, 1.807) is 24.3 Å². The number of nitrogens with zero attached hydrogens (tertiary/aromatic N) is 1. The van der Waals surface area contributed by atoms with Gasteiger partial charge in [0.1, 0.15) is 10.7 Å². The monoisotopic (exact) mass is 439 g/mol. The van der Waals surface area contributed by atoms with Crippen molar-refractivity contribution in [1.82, 2.24) is 10.2 Å². The molecule has 1 fully saturated rings. The predicted molar refractivity (Wildman–Crippen MR) is 116 cm³/mol. The van der Waals surface area contributed by atoms with E-state index in [0.29, 0.717) is 17.8 Å². The summed E-state index contributed by atoms with van der Waals surface area (Å²) in [6, 6.07) is 15.8. The maximum absolute atomic E-state index is 12.7. The van der Waals surface area contributed by atoms with Crippen molar-refractivity contribution in [1.29, 1.82) is 0 Å². The van der Waals surface area contributed by atoms with E-state index < -0.39 is 11.8 Å². The van der Waals surface area contributed by atoms with Crippen LogP contribution in [0.1, 0.15) is 28.8 Å². The summed E-state index contributed by atoms with van der Waals surface area (Å²) in [5.74, 6) is -1.22. The maximum Gasteiger partial charge on any atom is 0.279 e. The molecule has 0 radical (unpaired) electrons. The van der Waals surface area contributed by atoms with E-state index in [1.807, 2.05) is 30.3 Å². The lowest BCUT2D eigenvalue weighted by molar-refractivity contribution is -0.138. The third-order valence-corrected chi connectivity index (χ3v) is 5.58. The molecule has 2 aliphatic heterocycles. The molecule has 4 rings (SSSR count). The molecule has 160 valence electrons. The first-order valence-corrected chi connectivity index (χ1v) is 10.5. The largest absolute Gasteiger partial charge is 0.376 e. The second-order valence-corrected chi connectivity index (χ2v) is 7.80. The third kappa shape index (κ3) is 4.78. The molecule has 0 aliphatic carbocycles. The van der Waals surface area contributed by atoms with Crippen LogP contribution in [0, 0.1) is 0 Å². The highest BCUT2D eigenvalue weighted by Crippen LogP contribution is 2.27. The first-order chi connectivity index (χ1) is 15.0. The SMILES string of the molecule is O=C(NCC1CCCO1)c1ccc(NC2=C(Cl)C(=O)N(Cc3ccccc3)C2=O)cc1. The Morgan fingerprint density at radius 1 is 1.06 bits per heavy atom. The second-order valence-electron chi connectivity index (χ2n) is 7.42. The van der Waals surface area contributed by atoms with Gasteiger partial charge in [-0.1, -0.05) is 41.9 Å². The van der Waals surface area contributed by atoms with Gasteiger partial charge in [0, 0.05) is 24.4 Å². The van der Waals surface area contributed by atoms with Gasteiger partial charge in [-0.15, -0.1) is 0 Å². The van der Waals surface area contributed by atoms with Gasteiger partial charge >= 0.3 is 0 Å². The number of imide groups is 1. The number of nitrogens with one attached hydrogen (secondary N) is 2. The third-order valence-electron chi connectivity index (χ3n) is 5.23. The number of halogens is 1. The summed E-state index contributed by atoms with van der Waals surface area (Å²) in [7, 11) is 0. The fraction of sp³-hybridized carbons (Fsp3) is 0.261. The summed E-state index contributed by atoms with van der Waals surface area (Å²) in [5, 5.41) is 5.62. The van der Waals surface area contributed by atoms with Crippen molar-refractivity contribution in [2.45, 2.75) is 25.5 Å². The molecule has 2 aromatic carbocycles.